The Kier molecular flexibility index (Phi) is 8.60. The van der Waals surface area contributed by atoms with Crippen LogP contribution in [0.15, 0.2) is 66.0 Å². The third kappa shape index (κ3) is 5.87. The van der Waals surface area contributed by atoms with Crippen LogP contribution in [0.4, 0.5) is 0 Å². The van der Waals surface area contributed by atoms with Gasteiger partial charge in [0, 0.05) is 55.6 Å². The zero-order chi connectivity index (χ0) is 26.5. The highest BCUT2D eigenvalue weighted by atomic mass is 32.1. The predicted molar refractivity (Wildman–Crippen MR) is 155 cm³/mol. The highest BCUT2D eigenvalue weighted by Crippen LogP contribution is 2.37. The zero-order valence-corrected chi connectivity index (χ0v) is 23.5. The van der Waals surface area contributed by atoms with E-state index in [1.54, 1.807) is 0 Å². The minimum Gasteiger partial charge on any atom is -0.339 e. The topological polar surface area (TPSA) is 43.9 Å². The Hall–Kier alpha value is -2.96. The number of thiophene rings is 1. The molecule has 0 radical (unpaired) electrons. The van der Waals surface area contributed by atoms with E-state index in [-0.39, 0.29) is 23.9 Å². The largest absolute Gasteiger partial charge is 0.339 e. The van der Waals surface area contributed by atoms with Gasteiger partial charge in [0.25, 0.3) is 5.91 Å². The molecule has 0 spiro atoms. The van der Waals surface area contributed by atoms with Crippen LogP contribution >= 0.6 is 11.3 Å². The van der Waals surface area contributed by atoms with Crippen molar-refractivity contribution in [1.82, 2.24) is 14.7 Å². The summed E-state index contributed by atoms with van der Waals surface area (Å²) in [6.07, 6.45) is 4.94. The zero-order valence-electron chi connectivity index (χ0n) is 22.6. The molecule has 0 bridgehead atoms. The fourth-order valence-corrected chi connectivity index (χ4v) is 6.78. The molecule has 0 saturated carbocycles. The van der Waals surface area contributed by atoms with Crippen LogP contribution in [0.25, 0.3) is 0 Å². The van der Waals surface area contributed by atoms with Crippen molar-refractivity contribution in [3.8, 4) is 0 Å². The molecule has 2 amide bonds. The van der Waals surface area contributed by atoms with Gasteiger partial charge in [-0.3, -0.25) is 14.5 Å². The van der Waals surface area contributed by atoms with Crippen LogP contribution < -0.4 is 0 Å². The number of hydrogen-bond donors (Lipinski definition) is 0. The van der Waals surface area contributed by atoms with Crippen molar-refractivity contribution in [2.75, 3.05) is 32.7 Å². The first kappa shape index (κ1) is 26.6. The van der Waals surface area contributed by atoms with Gasteiger partial charge in [-0.05, 0) is 66.5 Å². The van der Waals surface area contributed by atoms with Gasteiger partial charge in [-0.1, -0.05) is 55.8 Å². The molecular weight excluding hydrogens is 490 g/mol. The van der Waals surface area contributed by atoms with Gasteiger partial charge >= 0.3 is 0 Å². The first-order valence-corrected chi connectivity index (χ1v) is 15.0. The summed E-state index contributed by atoms with van der Waals surface area (Å²) >= 11 is 1.84. The molecule has 5 nitrogen and oxygen atoms in total. The first-order chi connectivity index (χ1) is 18.5. The average molecular weight is 530 g/mol. The van der Waals surface area contributed by atoms with E-state index in [4.69, 9.17) is 0 Å². The van der Waals surface area contributed by atoms with Crippen LogP contribution in [-0.4, -0.2) is 65.3 Å². The van der Waals surface area contributed by atoms with E-state index in [1.807, 2.05) is 33.3 Å². The van der Waals surface area contributed by atoms with E-state index in [1.165, 1.54) is 34.4 Å². The maximum Gasteiger partial charge on any atom is 0.254 e. The molecule has 1 fully saturated rings. The Morgan fingerprint density at radius 2 is 1.76 bits per heavy atom. The Balaban J connectivity index is 1.17. The van der Waals surface area contributed by atoms with Gasteiger partial charge in [-0.2, -0.15) is 0 Å². The normalized spacial score (nSPS) is 19.8. The first-order valence-electron chi connectivity index (χ1n) is 14.1. The second-order valence-corrected chi connectivity index (χ2v) is 11.6. The minimum atomic E-state index is 0.000358. The number of benzene rings is 2. The molecule has 38 heavy (non-hydrogen) atoms. The molecular formula is C32H39N3O2S. The smallest absolute Gasteiger partial charge is 0.254 e. The highest BCUT2D eigenvalue weighted by Gasteiger charge is 2.32. The molecule has 200 valence electrons. The van der Waals surface area contributed by atoms with Gasteiger partial charge in [0.2, 0.25) is 5.91 Å². The van der Waals surface area contributed by atoms with Crippen molar-refractivity contribution < 1.29 is 9.59 Å². The summed E-state index contributed by atoms with van der Waals surface area (Å²) in [5.74, 6) is 0.254. The second kappa shape index (κ2) is 12.3. The van der Waals surface area contributed by atoms with E-state index < -0.39 is 0 Å². The van der Waals surface area contributed by atoms with Gasteiger partial charge in [0.05, 0.1) is 6.04 Å². The number of piperazine rings is 1. The standard InChI is InChI=1S/C32H39N3O2S/c1-3-4-8-25-11-13-27(14-12-25)32(37)35-21-20-34(23-24(35)2)30(36)16-19-33-18-15-29-28(17-22-38-29)31(33)26-9-6-5-7-10-26/h5-7,9-14,17,22,24,31H,3-4,8,15-16,18-21,23H2,1-2H3. The summed E-state index contributed by atoms with van der Waals surface area (Å²) in [6.45, 7) is 7.73. The third-order valence-corrected chi connectivity index (χ3v) is 9.05. The number of fused-ring (bicyclic) bond motifs is 1. The minimum absolute atomic E-state index is 0.000358. The monoisotopic (exact) mass is 529 g/mol. The Bertz CT molecular complexity index is 1220. The number of rotatable bonds is 8. The van der Waals surface area contributed by atoms with Crippen LogP contribution in [0.5, 0.6) is 0 Å². The summed E-state index contributed by atoms with van der Waals surface area (Å²) in [4.78, 5) is 34.3. The average Bonchev–Trinajstić information content (AvgIpc) is 3.44. The van der Waals surface area contributed by atoms with Crippen molar-refractivity contribution in [3.63, 3.8) is 0 Å². The van der Waals surface area contributed by atoms with Crippen LogP contribution in [-0.2, 0) is 17.6 Å². The van der Waals surface area contributed by atoms with Crippen LogP contribution in [0.1, 0.15) is 71.1 Å². The van der Waals surface area contributed by atoms with Crippen molar-refractivity contribution in [2.45, 2.75) is 58.0 Å². The lowest BCUT2D eigenvalue weighted by Gasteiger charge is -2.41. The molecule has 5 rings (SSSR count). The summed E-state index contributed by atoms with van der Waals surface area (Å²) in [5.41, 5.74) is 4.70. The molecule has 0 N–H and O–H groups in total. The number of nitrogens with zero attached hydrogens (tertiary/aromatic N) is 3. The van der Waals surface area contributed by atoms with Gasteiger partial charge < -0.3 is 9.80 Å². The quantitative estimate of drug-likeness (QED) is 0.370. The molecule has 2 aliphatic rings. The van der Waals surface area contributed by atoms with Crippen molar-refractivity contribution >= 4 is 23.2 Å². The van der Waals surface area contributed by atoms with Crippen molar-refractivity contribution in [1.29, 1.82) is 0 Å². The number of carbonyl (C=O) groups excluding carboxylic acids is 2. The van der Waals surface area contributed by atoms with Gasteiger partial charge in [0.1, 0.15) is 0 Å². The molecule has 0 aliphatic carbocycles. The summed E-state index contributed by atoms with van der Waals surface area (Å²) < 4.78 is 0. The number of unbranched alkanes of at least 4 members (excludes halogenated alkanes) is 1. The number of aryl methyl sites for hydroxylation is 1. The Morgan fingerprint density at radius 1 is 0.974 bits per heavy atom. The molecule has 3 aromatic rings. The Labute approximate surface area is 231 Å². The van der Waals surface area contributed by atoms with E-state index in [0.717, 1.165) is 31.5 Å². The fourth-order valence-electron chi connectivity index (χ4n) is 5.88. The number of hydrogen-bond acceptors (Lipinski definition) is 4. The van der Waals surface area contributed by atoms with Gasteiger partial charge in [-0.15, -0.1) is 11.3 Å². The van der Waals surface area contributed by atoms with Crippen molar-refractivity contribution in [2.24, 2.45) is 0 Å². The fraction of sp³-hybridized carbons (Fsp3) is 0.438. The molecule has 2 aromatic carbocycles. The molecule has 1 saturated heterocycles. The SMILES string of the molecule is CCCCc1ccc(C(=O)N2CCN(C(=O)CCN3CCc4sccc4C3c3ccccc3)CC2C)cc1. The molecule has 2 unspecified atom stereocenters. The van der Waals surface area contributed by atoms with E-state index >= 15 is 0 Å². The molecule has 1 aromatic heterocycles. The summed E-state index contributed by atoms with van der Waals surface area (Å²) in [6, 6.07) is 21.2. The summed E-state index contributed by atoms with van der Waals surface area (Å²) in [7, 11) is 0. The van der Waals surface area contributed by atoms with Gasteiger partial charge in [0.15, 0.2) is 0 Å². The van der Waals surface area contributed by atoms with Crippen LogP contribution in [0.2, 0.25) is 0 Å². The maximum absolute atomic E-state index is 13.3. The van der Waals surface area contributed by atoms with Gasteiger partial charge in [-0.25, -0.2) is 0 Å². The lowest BCUT2D eigenvalue weighted by molar-refractivity contribution is -0.134. The maximum atomic E-state index is 13.3. The molecule has 2 aliphatic heterocycles. The predicted octanol–water partition coefficient (Wildman–Crippen LogP) is 5.80. The molecule has 2 atom stereocenters. The van der Waals surface area contributed by atoms with E-state index in [0.29, 0.717) is 26.1 Å². The van der Waals surface area contributed by atoms with Crippen molar-refractivity contribution in [3.05, 3.63) is 93.2 Å². The third-order valence-electron chi connectivity index (χ3n) is 8.05. The van der Waals surface area contributed by atoms with Crippen LogP contribution in [0.3, 0.4) is 0 Å². The number of amides is 2. The molecule has 6 heteroatoms. The summed E-state index contributed by atoms with van der Waals surface area (Å²) in [5, 5.41) is 2.19. The lowest BCUT2D eigenvalue weighted by Crippen LogP contribution is -2.55. The lowest BCUT2D eigenvalue weighted by atomic mass is 9.93. The molecule has 3 heterocycles. The Morgan fingerprint density at radius 3 is 2.50 bits per heavy atom. The van der Waals surface area contributed by atoms with E-state index in [9.17, 15) is 9.59 Å². The van der Waals surface area contributed by atoms with E-state index in [2.05, 4.69) is 72.7 Å². The van der Waals surface area contributed by atoms with Crippen LogP contribution in [0, 0.1) is 0 Å². The highest BCUT2D eigenvalue weighted by molar-refractivity contribution is 7.10. The second-order valence-electron chi connectivity index (χ2n) is 10.6. The number of carbonyl (C=O) groups is 2.